The number of amides is 1. The van der Waals surface area contributed by atoms with Crippen molar-refractivity contribution >= 4 is 37.5 Å². The Morgan fingerprint density at radius 3 is 2.72 bits per heavy atom. The Bertz CT molecular complexity index is 1340. The molecule has 1 atom stereocenters. The average molecular weight is 470 g/mol. The lowest BCUT2D eigenvalue weighted by Crippen LogP contribution is -2.42. The summed E-state index contributed by atoms with van der Waals surface area (Å²) in [7, 11) is -3.63. The number of rotatable bonds is 5. The van der Waals surface area contributed by atoms with E-state index in [9.17, 15) is 13.2 Å². The average Bonchev–Trinajstić information content (AvgIpc) is 3.12. The molecule has 6 nitrogen and oxygen atoms in total. The van der Waals surface area contributed by atoms with E-state index in [2.05, 4.69) is 30.6 Å². The van der Waals surface area contributed by atoms with Crippen LogP contribution >= 0.6 is 11.3 Å². The van der Waals surface area contributed by atoms with Gasteiger partial charge in [0, 0.05) is 19.6 Å². The van der Waals surface area contributed by atoms with Crippen molar-refractivity contribution in [2.45, 2.75) is 38.1 Å². The van der Waals surface area contributed by atoms with Crippen LogP contribution in [0.15, 0.2) is 65.0 Å². The highest BCUT2D eigenvalue weighted by Gasteiger charge is 2.33. The number of piperidine rings is 1. The van der Waals surface area contributed by atoms with Crippen molar-refractivity contribution in [1.29, 1.82) is 0 Å². The first kappa shape index (κ1) is 22.6. The maximum absolute atomic E-state index is 13.1. The minimum Gasteiger partial charge on any atom is -0.312 e. The van der Waals surface area contributed by atoms with Gasteiger partial charge < -0.3 is 4.57 Å². The molecule has 1 fully saturated rings. The number of allylic oxidation sites excluding steroid dienone is 1. The Balaban J connectivity index is 1.66. The summed E-state index contributed by atoms with van der Waals surface area (Å²) in [5, 5.41) is 0. The molecule has 2 aromatic carbocycles. The molecule has 2 heterocycles. The summed E-state index contributed by atoms with van der Waals surface area (Å²) in [5.41, 5.74) is 3.34. The molecule has 0 N–H and O–H groups in total. The quantitative estimate of drug-likeness (QED) is 0.530. The molecule has 1 saturated heterocycles. The molecule has 1 aliphatic heterocycles. The van der Waals surface area contributed by atoms with E-state index in [0.717, 1.165) is 21.3 Å². The van der Waals surface area contributed by atoms with Crippen LogP contribution in [0, 0.1) is 19.8 Å². The lowest BCUT2D eigenvalue weighted by molar-refractivity contribution is -0.122. The molecule has 32 heavy (non-hydrogen) atoms. The first-order chi connectivity index (χ1) is 15.3. The molecular weight excluding hydrogens is 442 g/mol. The van der Waals surface area contributed by atoms with Gasteiger partial charge in [-0.3, -0.25) is 4.79 Å². The fourth-order valence-corrected chi connectivity index (χ4v) is 6.83. The molecule has 4 rings (SSSR count). The number of carbonyl (C=O) groups excluding carboxylic acids is 1. The number of fused-ring (bicyclic) bond motifs is 1. The summed E-state index contributed by atoms with van der Waals surface area (Å²) < 4.78 is 30.5. The monoisotopic (exact) mass is 469 g/mol. The summed E-state index contributed by atoms with van der Waals surface area (Å²) in [4.78, 5) is 18.5. The van der Waals surface area contributed by atoms with E-state index in [1.54, 1.807) is 36.4 Å². The minimum atomic E-state index is -3.63. The molecular formula is C24H27N3O3S2. The topological polar surface area (TPSA) is 71.7 Å². The van der Waals surface area contributed by atoms with E-state index in [4.69, 9.17) is 0 Å². The molecule has 1 unspecified atom stereocenters. The Morgan fingerprint density at radius 2 is 2.00 bits per heavy atom. The number of nitrogens with zero attached hydrogens (tertiary/aromatic N) is 3. The number of benzene rings is 2. The lowest BCUT2D eigenvalue weighted by atomic mass is 9.99. The summed E-state index contributed by atoms with van der Waals surface area (Å²) in [6.45, 7) is 9.08. The fourth-order valence-electron chi connectivity index (χ4n) is 4.19. The summed E-state index contributed by atoms with van der Waals surface area (Å²) >= 11 is 1.49. The van der Waals surface area contributed by atoms with Crippen LogP contribution in [0.4, 0.5) is 0 Å². The summed E-state index contributed by atoms with van der Waals surface area (Å²) in [6, 6.07) is 12.6. The van der Waals surface area contributed by atoms with Crippen molar-refractivity contribution in [2.24, 2.45) is 10.9 Å². The first-order valence-corrected chi connectivity index (χ1v) is 12.9. The zero-order valence-electron chi connectivity index (χ0n) is 18.3. The molecule has 8 heteroatoms. The number of aromatic nitrogens is 1. The fraction of sp³-hybridized carbons (Fsp3) is 0.333. The molecule has 0 aliphatic carbocycles. The molecule has 0 spiro atoms. The predicted molar refractivity (Wildman–Crippen MR) is 128 cm³/mol. The SMILES string of the molecule is C=CCn1c(=NC(=O)C2CCCN(S(=O)(=O)c3ccccc3)C2)sc2c(C)cc(C)cc21. The third-order valence-corrected chi connectivity index (χ3v) is 8.86. The summed E-state index contributed by atoms with van der Waals surface area (Å²) in [6.07, 6.45) is 3.06. The van der Waals surface area contributed by atoms with Crippen LogP contribution in [-0.4, -0.2) is 36.3 Å². The third-order valence-electron chi connectivity index (χ3n) is 5.75. The number of thiazole rings is 1. The number of aryl methyl sites for hydroxylation is 2. The van der Waals surface area contributed by atoms with Gasteiger partial charge in [-0.1, -0.05) is 41.7 Å². The Kier molecular flexibility index (Phi) is 6.46. The molecule has 0 saturated carbocycles. The highest BCUT2D eigenvalue weighted by Crippen LogP contribution is 2.26. The van der Waals surface area contributed by atoms with Gasteiger partial charge in [0.25, 0.3) is 5.91 Å². The van der Waals surface area contributed by atoms with Crippen molar-refractivity contribution in [2.75, 3.05) is 13.1 Å². The van der Waals surface area contributed by atoms with E-state index < -0.39 is 15.9 Å². The Labute approximate surface area is 192 Å². The zero-order chi connectivity index (χ0) is 22.9. The van der Waals surface area contributed by atoms with Gasteiger partial charge in [0.2, 0.25) is 10.0 Å². The number of sulfonamides is 1. The number of hydrogen-bond acceptors (Lipinski definition) is 4. The zero-order valence-corrected chi connectivity index (χ0v) is 20.0. The largest absolute Gasteiger partial charge is 0.312 e. The Morgan fingerprint density at radius 1 is 1.25 bits per heavy atom. The second-order valence-electron chi connectivity index (χ2n) is 8.18. The van der Waals surface area contributed by atoms with Gasteiger partial charge in [-0.2, -0.15) is 9.30 Å². The second kappa shape index (κ2) is 9.13. The van der Waals surface area contributed by atoms with Crippen LogP contribution < -0.4 is 4.80 Å². The molecule has 1 aromatic heterocycles. The van der Waals surface area contributed by atoms with Crippen molar-refractivity contribution < 1.29 is 13.2 Å². The van der Waals surface area contributed by atoms with E-state index >= 15 is 0 Å². The van der Waals surface area contributed by atoms with Crippen LogP contribution in [-0.2, 0) is 21.4 Å². The van der Waals surface area contributed by atoms with Crippen LogP contribution in [0.1, 0.15) is 24.0 Å². The van der Waals surface area contributed by atoms with Gasteiger partial charge >= 0.3 is 0 Å². The van der Waals surface area contributed by atoms with Crippen molar-refractivity contribution in [3.8, 4) is 0 Å². The minimum absolute atomic E-state index is 0.157. The van der Waals surface area contributed by atoms with Gasteiger partial charge in [-0.25, -0.2) is 8.42 Å². The molecule has 1 aliphatic rings. The second-order valence-corrected chi connectivity index (χ2v) is 11.1. The van der Waals surface area contributed by atoms with E-state index in [0.29, 0.717) is 30.7 Å². The van der Waals surface area contributed by atoms with Gasteiger partial charge in [-0.05, 0) is 56.0 Å². The Hall–Kier alpha value is -2.55. The van der Waals surface area contributed by atoms with Crippen LogP contribution in [0.3, 0.4) is 0 Å². The molecule has 1 amide bonds. The van der Waals surface area contributed by atoms with Gasteiger partial charge in [-0.15, -0.1) is 6.58 Å². The normalized spacial score (nSPS) is 18.2. The smallest absolute Gasteiger partial charge is 0.252 e. The highest BCUT2D eigenvalue weighted by atomic mass is 32.2. The lowest BCUT2D eigenvalue weighted by Gasteiger charge is -2.30. The maximum atomic E-state index is 13.1. The van der Waals surface area contributed by atoms with Gasteiger partial charge in [0.1, 0.15) is 0 Å². The molecule has 0 radical (unpaired) electrons. The molecule has 168 valence electrons. The van der Waals surface area contributed by atoms with Gasteiger partial charge in [0.15, 0.2) is 4.80 Å². The van der Waals surface area contributed by atoms with E-state index in [1.165, 1.54) is 15.6 Å². The number of carbonyl (C=O) groups is 1. The standard InChI is InChI=1S/C24H27N3O3S2/c1-4-12-27-21-15-17(2)14-18(3)22(21)31-24(27)25-23(28)19-9-8-13-26(16-19)32(29,30)20-10-6-5-7-11-20/h4-7,10-11,14-15,19H,1,8-9,12-13,16H2,2-3H3. The molecule has 0 bridgehead atoms. The number of hydrogen-bond donors (Lipinski definition) is 0. The van der Waals surface area contributed by atoms with Crippen LogP contribution in [0.5, 0.6) is 0 Å². The first-order valence-electron chi connectivity index (χ1n) is 10.7. The third kappa shape index (κ3) is 4.35. The predicted octanol–water partition coefficient (Wildman–Crippen LogP) is 4.03. The highest BCUT2D eigenvalue weighted by molar-refractivity contribution is 7.89. The van der Waals surface area contributed by atoms with Crippen LogP contribution in [0.2, 0.25) is 0 Å². The molecule has 3 aromatic rings. The van der Waals surface area contributed by atoms with Crippen molar-refractivity contribution in [3.63, 3.8) is 0 Å². The summed E-state index contributed by atoms with van der Waals surface area (Å²) in [5.74, 6) is -0.718. The van der Waals surface area contributed by atoms with E-state index in [1.807, 2.05) is 11.5 Å². The van der Waals surface area contributed by atoms with E-state index in [-0.39, 0.29) is 17.3 Å². The van der Waals surface area contributed by atoms with Crippen molar-refractivity contribution in [3.05, 3.63) is 71.0 Å². The van der Waals surface area contributed by atoms with Gasteiger partial charge in [0.05, 0.1) is 21.0 Å². The van der Waals surface area contributed by atoms with Crippen LogP contribution in [0.25, 0.3) is 10.2 Å². The maximum Gasteiger partial charge on any atom is 0.252 e. The van der Waals surface area contributed by atoms with Crippen molar-refractivity contribution in [1.82, 2.24) is 8.87 Å².